The fraction of sp³-hybridized carbons (Fsp3) is 0.571. The van der Waals surface area contributed by atoms with Gasteiger partial charge in [-0.15, -0.1) is 0 Å². The van der Waals surface area contributed by atoms with Gasteiger partial charge in [-0.2, -0.15) is 13.2 Å². The first kappa shape index (κ1) is 16.6. The van der Waals surface area contributed by atoms with Crippen LogP contribution in [0.4, 0.5) is 18.9 Å². The summed E-state index contributed by atoms with van der Waals surface area (Å²) in [5.41, 5.74) is 0.914. The van der Waals surface area contributed by atoms with Crippen molar-refractivity contribution in [3.63, 3.8) is 0 Å². The van der Waals surface area contributed by atoms with E-state index in [9.17, 15) is 13.2 Å². The van der Waals surface area contributed by atoms with Gasteiger partial charge in [0.1, 0.15) is 5.75 Å². The fourth-order valence-electron chi connectivity index (χ4n) is 1.48. The summed E-state index contributed by atoms with van der Waals surface area (Å²) in [5.74, 6) is 0.209. The Morgan fingerprint density at radius 2 is 1.60 bits per heavy atom. The number of alkyl halides is 3. The molecule has 6 heteroatoms. The second kappa shape index (κ2) is 6.83. The summed E-state index contributed by atoms with van der Waals surface area (Å²) in [7, 11) is 0. The molecule has 0 fully saturated rings. The van der Waals surface area contributed by atoms with E-state index in [2.05, 4.69) is 36.1 Å². The molecular weight excluding hydrogens is 269 g/mol. The van der Waals surface area contributed by atoms with Crippen molar-refractivity contribution in [1.29, 1.82) is 0 Å². The molecule has 1 rings (SSSR count). The lowest BCUT2D eigenvalue weighted by atomic mass is 10.1. The molecule has 0 aromatic heterocycles. The molecule has 1 aromatic rings. The van der Waals surface area contributed by atoms with Gasteiger partial charge in [0.05, 0.1) is 0 Å². The quantitative estimate of drug-likeness (QED) is 0.788. The van der Waals surface area contributed by atoms with E-state index < -0.39 is 12.8 Å². The van der Waals surface area contributed by atoms with Gasteiger partial charge in [-0.3, -0.25) is 0 Å². The summed E-state index contributed by atoms with van der Waals surface area (Å²) in [6, 6.07) is 6.43. The number of benzene rings is 1. The number of halogens is 3. The van der Waals surface area contributed by atoms with Gasteiger partial charge in [0.2, 0.25) is 0 Å². The highest BCUT2D eigenvalue weighted by atomic mass is 19.4. The Kier molecular flexibility index (Phi) is 5.68. The molecule has 0 saturated carbocycles. The number of hydrogen-bond acceptors (Lipinski definition) is 3. The molecule has 0 spiro atoms. The van der Waals surface area contributed by atoms with Crippen LogP contribution >= 0.6 is 0 Å². The minimum Gasteiger partial charge on any atom is -0.484 e. The average molecular weight is 290 g/mol. The van der Waals surface area contributed by atoms with Crippen LogP contribution in [0.3, 0.4) is 0 Å². The minimum absolute atomic E-state index is 0.0664. The normalized spacial score (nSPS) is 12.3. The highest BCUT2D eigenvalue weighted by molar-refractivity contribution is 5.46. The predicted molar refractivity (Wildman–Crippen MR) is 74.2 cm³/mol. The van der Waals surface area contributed by atoms with Crippen molar-refractivity contribution in [2.45, 2.75) is 32.5 Å². The zero-order valence-electron chi connectivity index (χ0n) is 12.0. The second-order valence-electron chi connectivity index (χ2n) is 5.53. The van der Waals surface area contributed by atoms with Crippen molar-refractivity contribution < 1.29 is 17.9 Å². The molecule has 1 aromatic carbocycles. The number of hydrogen-bond donors (Lipinski definition) is 2. The van der Waals surface area contributed by atoms with Crippen molar-refractivity contribution >= 4 is 5.69 Å². The van der Waals surface area contributed by atoms with Crippen LogP contribution in [0.15, 0.2) is 24.3 Å². The van der Waals surface area contributed by atoms with Gasteiger partial charge in [0.25, 0.3) is 0 Å². The van der Waals surface area contributed by atoms with E-state index in [-0.39, 0.29) is 11.3 Å². The Balaban J connectivity index is 2.32. The van der Waals surface area contributed by atoms with Gasteiger partial charge in [-0.1, -0.05) is 0 Å². The summed E-state index contributed by atoms with van der Waals surface area (Å²) >= 11 is 0. The molecule has 0 atom stereocenters. The van der Waals surface area contributed by atoms with Gasteiger partial charge in [0, 0.05) is 24.3 Å². The number of ether oxygens (including phenoxy) is 1. The minimum atomic E-state index is -4.31. The average Bonchev–Trinajstić information content (AvgIpc) is 2.31. The fourth-order valence-corrected chi connectivity index (χ4v) is 1.48. The van der Waals surface area contributed by atoms with Crippen molar-refractivity contribution in [3.8, 4) is 5.75 Å². The lowest BCUT2D eigenvalue weighted by Crippen LogP contribution is -2.38. The van der Waals surface area contributed by atoms with E-state index in [0.717, 1.165) is 18.8 Å². The van der Waals surface area contributed by atoms with Crippen LogP contribution in [0.1, 0.15) is 20.8 Å². The van der Waals surface area contributed by atoms with E-state index in [1.807, 2.05) is 0 Å². The van der Waals surface area contributed by atoms with Crippen LogP contribution in [-0.2, 0) is 0 Å². The molecule has 114 valence electrons. The molecule has 20 heavy (non-hydrogen) atoms. The maximum atomic E-state index is 12.0. The standard InChI is InChI=1S/C14H21F3N2O/c1-13(2,3)19-9-8-18-11-4-6-12(7-5-11)20-10-14(15,16)17/h4-7,18-19H,8-10H2,1-3H3. The largest absolute Gasteiger partial charge is 0.484 e. The molecule has 0 aliphatic heterocycles. The lowest BCUT2D eigenvalue weighted by molar-refractivity contribution is -0.153. The monoisotopic (exact) mass is 290 g/mol. The lowest BCUT2D eigenvalue weighted by Gasteiger charge is -2.20. The number of nitrogens with one attached hydrogen (secondary N) is 2. The number of anilines is 1. The molecule has 0 saturated heterocycles. The van der Waals surface area contributed by atoms with Crippen LogP contribution < -0.4 is 15.4 Å². The maximum absolute atomic E-state index is 12.0. The van der Waals surface area contributed by atoms with E-state index in [1.54, 1.807) is 12.1 Å². The molecule has 3 nitrogen and oxygen atoms in total. The SMILES string of the molecule is CC(C)(C)NCCNc1ccc(OCC(F)(F)F)cc1. The van der Waals surface area contributed by atoms with Gasteiger partial charge in [0.15, 0.2) is 6.61 Å². The molecule has 0 heterocycles. The van der Waals surface area contributed by atoms with Gasteiger partial charge >= 0.3 is 6.18 Å². The Morgan fingerprint density at radius 1 is 1.00 bits per heavy atom. The third-order valence-corrected chi connectivity index (χ3v) is 2.37. The zero-order valence-corrected chi connectivity index (χ0v) is 12.0. The summed E-state index contributed by atoms with van der Waals surface area (Å²) in [6.45, 7) is 6.52. The molecule has 0 amide bonds. The molecule has 0 unspecified atom stereocenters. The van der Waals surface area contributed by atoms with Crippen LogP contribution in [0.5, 0.6) is 5.75 Å². The Labute approximate surface area is 117 Å². The van der Waals surface area contributed by atoms with Crippen LogP contribution in [-0.4, -0.2) is 31.4 Å². The molecule has 0 radical (unpaired) electrons. The topological polar surface area (TPSA) is 33.3 Å². The third-order valence-electron chi connectivity index (χ3n) is 2.37. The van der Waals surface area contributed by atoms with E-state index >= 15 is 0 Å². The maximum Gasteiger partial charge on any atom is 0.422 e. The van der Waals surface area contributed by atoms with Crippen molar-refractivity contribution in [2.75, 3.05) is 25.0 Å². The Morgan fingerprint density at radius 3 is 2.10 bits per heavy atom. The van der Waals surface area contributed by atoms with E-state index in [4.69, 9.17) is 0 Å². The first-order valence-corrected chi connectivity index (χ1v) is 6.44. The van der Waals surface area contributed by atoms with Crippen LogP contribution in [0.25, 0.3) is 0 Å². The van der Waals surface area contributed by atoms with E-state index in [1.165, 1.54) is 12.1 Å². The first-order valence-electron chi connectivity index (χ1n) is 6.44. The first-order chi connectivity index (χ1) is 9.16. The van der Waals surface area contributed by atoms with Crippen molar-refractivity contribution in [3.05, 3.63) is 24.3 Å². The molecular formula is C14H21F3N2O. The van der Waals surface area contributed by atoms with E-state index in [0.29, 0.717) is 0 Å². The summed E-state index contributed by atoms with van der Waals surface area (Å²) in [6.07, 6.45) is -4.31. The van der Waals surface area contributed by atoms with Gasteiger partial charge in [-0.05, 0) is 45.0 Å². The highest BCUT2D eigenvalue weighted by Gasteiger charge is 2.28. The smallest absolute Gasteiger partial charge is 0.422 e. The molecule has 0 aliphatic rings. The molecule has 2 N–H and O–H groups in total. The summed E-state index contributed by atoms with van der Waals surface area (Å²) < 4.78 is 40.6. The molecule has 0 aliphatic carbocycles. The summed E-state index contributed by atoms with van der Waals surface area (Å²) in [5, 5.41) is 6.50. The second-order valence-corrected chi connectivity index (χ2v) is 5.53. The Hall–Kier alpha value is -1.43. The Bertz CT molecular complexity index is 396. The van der Waals surface area contributed by atoms with Crippen molar-refractivity contribution in [2.24, 2.45) is 0 Å². The van der Waals surface area contributed by atoms with Crippen LogP contribution in [0, 0.1) is 0 Å². The van der Waals surface area contributed by atoms with Gasteiger partial charge < -0.3 is 15.4 Å². The zero-order chi connectivity index (χ0) is 15.2. The van der Waals surface area contributed by atoms with Gasteiger partial charge in [-0.25, -0.2) is 0 Å². The number of rotatable bonds is 6. The van der Waals surface area contributed by atoms with Crippen LogP contribution in [0.2, 0.25) is 0 Å². The molecule has 0 bridgehead atoms. The van der Waals surface area contributed by atoms with Crippen molar-refractivity contribution in [1.82, 2.24) is 5.32 Å². The summed E-state index contributed by atoms with van der Waals surface area (Å²) in [4.78, 5) is 0. The highest BCUT2D eigenvalue weighted by Crippen LogP contribution is 2.20. The predicted octanol–water partition coefficient (Wildman–Crippen LogP) is 3.43. The third kappa shape index (κ3) is 7.89.